The summed E-state index contributed by atoms with van der Waals surface area (Å²) in [6, 6.07) is 15.5. The van der Waals surface area contributed by atoms with Crippen molar-refractivity contribution >= 4 is 0 Å². The fourth-order valence-corrected chi connectivity index (χ4v) is 1.10. The molecular formula is C11H9NO. The summed E-state index contributed by atoms with van der Waals surface area (Å²) >= 11 is 0. The summed E-state index contributed by atoms with van der Waals surface area (Å²) < 4.78 is 5.18. The summed E-state index contributed by atoms with van der Waals surface area (Å²) in [4.78, 5) is 0. The fraction of sp³-hybridized carbons (Fsp3) is 0. The molecule has 2 aliphatic rings. The van der Waals surface area contributed by atoms with Crippen LogP contribution in [0.2, 0.25) is 0 Å². The third kappa shape index (κ3) is 1.85. The normalized spacial score (nSPS) is 9.54. The van der Waals surface area contributed by atoms with Crippen molar-refractivity contribution in [1.82, 2.24) is 5.16 Å². The van der Waals surface area contributed by atoms with Crippen LogP contribution in [-0.2, 0) is 0 Å². The molecule has 0 aromatic rings. The highest BCUT2D eigenvalue weighted by Crippen LogP contribution is 2.15. The van der Waals surface area contributed by atoms with Crippen molar-refractivity contribution in [2.75, 3.05) is 0 Å². The minimum atomic E-state index is 0.769. The standard InChI is InChI=1S/C11H9NO/c1-2-6-10-7-4-5-9-12-13-11(10)8-3-1/h1-9H. The Labute approximate surface area is 76.5 Å². The van der Waals surface area contributed by atoms with Crippen LogP contribution >= 0.6 is 0 Å². The Hall–Kier alpha value is -1.83. The molecule has 0 N–H and O–H groups in total. The van der Waals surface area contributed by atoms with Crippen LogP contribution in [0.1, 0.15) is 0 Å². The molecule has 0 amide bonds. The maximum absolute atomic E-state index is 5.18. The van der Waals surface area contributed by atoms with Crippen LogP contribution in [0.4, 0.5) is 0 Å². The second kappa shape index (κ2) is 3.72. The average molecular weight is 171 g/mol. The molecule has 0 radical (unpaired) electrons. The number of fused-ring (bicyclic) bond motifs is 1. The van der Waals surface area contributed by atoms with Gasteiger partial charge >= 0.3 is 0 Å². The van der Waals surface area contributed by atoms with E-state index in [9.17, 15) is 0 Å². The summed E-state index contributed by atoms with van der Waals surface area (Å²) in [7, 11) is 0. The van der Waals surface area contributed by atoms with Crippen LogP contribution in [0.15, 0.2) is 59.3 Å². The number of rotatable bonds is 0. The second-order valence-electron chi connectivity index (χ2n) is 2.63. The molecule has 13 heavy (non-hydrogen) atoms. The zero-order valence-corrected chi connectivity index (χ0v) is 7.05. The van der Waals surface area contributed by atoms with Crippen molar-refractivity contribution < 1.29 is 4.52 Å². The Kier molecular flexibility index (Phi) is 2.23. The van der Waals surface area contributed by atoms with E-state index in [-0.39, 0.29) is 0 Å². The second-order valence-corrected chi connectivity index (χ2v) is 2.63. The predicted molar refractivity (Wildman–Crippen MR) is 50.8 cm³/mol. The van der Waals surface area contributed by atoms with Gasteiger partial charge in [0.1, 0.15) is 0 Å². The maximum Gasteiger partial charge on any atom is 0.165 e. The van der Waals surface area contributed by atoms with Crippen LogP contribution < -0.4 is 0 Å². The van der Waals surface area contributed by atoms with Gasteiger partial charge in [0, 0.05) is 5.56 Å². The number of hydrogen-bond acceptors (Lipinski definition) is 2. The quantitative estimate of drug-likeness (QED) is 0.609. The predicted octanol–water partition coefficient (Wildman–Crippen LogP) is 2.90. The van der Waals surface area contributed by atoms with E-state index in [1.165, 1.54) is 0 Å². The molecule has 1 aliphatic heterocycles. The van der Waals surface area contributed by atoms with Crippen LogP contribution in [0.5, 0.6) is 0 Å². The molecule has 0 unspecified atom stereocenters. The van der Waals surface area contributed by atoms with Gasteiger partial charge in [-0.1, -0.05) is 41.6 Å². The molecule has 2 rings (SSSR count). The van der Waals surface area contributed by atoms with Crippen molar-refractivity contribution in [1.29, 1.82) is 0 Å². The van der Waals surface area contributed by atoms with Gasteiger partial charge in [-0.2, -0.15) is 0 Å². The Bertz CT molecular complexity index is 369. The van der Waals surface area contributed by atoms with Gasteiger partial charge in [0.15, 0.2) is 5.76 Å². The van der Waals surface area contributed by atoms with E-state index in [2.05, 4.69) is 5.16 Å². The van der Waals surface area contributed by atoms with Crippen molar-refractivity contribution in [3.8, 4) is 11.3 Å². The number of hydrogen-bond donors (Lipinski definition) is 0. The smallest absolute Gasteiger partial charge is 0.165 e. The Morgan fingerprint density at radius 2 is 1.62 bits per heavy atom. The molecule has 0 fully saturated rings. The molecular weight excluding hydrogens is 162 g/mol. The molecule has 0 spiro atoms. The molecule has 0 saturated heterocycles. The number of aromatic nitrogens is 1. The highest BCUT2D eigenvalue weighted by atomic mass is 16.5. The fourth-order valence-electron chi connectivity index (χ4n) is 1.10. The third-order valence-corrected chi connectivity index (χ3v) is 1.71. The molecule has 1 aliphatic carbocycles. The molecule has 0 aromatic carbocycles. The number of nitrogens with zero attached hydrogens (tertiary/aromatic N) is 1. The zero-order valence-electron chi connectivity index (χ0n) is 7.05. The molecule has 0 saturated carbocycles. The largest absolute Gasteiger partial charge is 0.356 e. The summed E-state index contributed by atoms with van der Waals surface area (Å²) in [5.74, 6) is 0.769. The minimum absolute atomic E-state index is 0.769. The van der Waals surface area contributed by atoms with E-state index in [4.69, 9.17) is 4.52 Å². The lowest BCUT2D eigenvalue weighted by Gasteiger charge is -1.92. The lowest BCUT2D eigenvalue weighted by Crippen LogP contribution is -1.72. The molecule has 1 heterocycles. The maximum atomic E-state index is 5.18. The van der Waals surface area contributed by atoms with Crippen LogP contribution in [0.3, 0.4) is 0 Å². The first-order valence-electron chi connectivity index (χ1n) is 4.09. The van der Waals surface area contributed by atoms with Crippen molar-refractivity contribution in [2.24, 2.45) is 0 Å². The Morgan fingerprint density at radius 1 is 0.846 bits per heavy atom. The minimum Gasteiger partial charge on any atom is -0.356 e. The average Bonchev–Trinajstić information content (AvgIpc) is 2.30. The molecule has 2 heteroatoms. The molecule has 0 aromatic heterocycles. The summed E-state index contributed by atoms with van der Waals surface area (Å²) in [5.41, 5.74) is 1.03. The Balaban J connectivity index is 2.73. The van der Waals surface area contributed by atoms with Crippen LogP contribution in [0.25, 0.3) is 11.3 Å². The van der Waals surface area contributed by atoms with Crippen molar-refractivity contribution in [3.05, 3.63) is 54.7 Å². The van der Waals surface area contributed by atoms with Gasteiger partial charge in [-0.05, 0) is 12.1 Å². The lowest BCUT2D eigenvalue weighted by atomic mass is 10.2. The summed E-state index contributed by atoms with van der Waals surface area (Å²) in [6.45, 7) is 0. The van der Waals surface area contributed by atoms with Gasteiger partial charge in [-0.3, -0.25) is 0 Å². The lowest BCUT2D eigenvalue weighted by molar-refractivity contribution is 0.417. The van der Waals surface area contributed by atoms with E-state index in [1.807, 2.05) is 48.5 Å². The zero-order chi connectivity index (χ0) is 8.93. The first-order chi connectivity index (χ1) is 6.47. The monoisotopic (exact) mass is 171 g/mol. The third-order valence-electron chi connectivity index (χ3n) is 1.71. The van der Waals surface area contributed by atoms with Gasteiger partial charge in [-0.15, -0.1) is 0 Å². The SMILES string of the molecule is c1ccc2ccccnoc-2cc1. The van der Waals surface area contributed by atoms with E-state index in [0.29, 0.717) is 0 Å². The van der Waals surface area contributed by atoms with E-state index in [1.54, 1.807) is 6.20 Å². The van der Waals surface area contributed by atoms with Crippen molar-refractivity contribution in [3.63, 3.8) is 0 Å². The molecule has 0 bridgehead atoms. The van der Waals surface area contributed by atoms with Crippen LogP contribution in [-0.4, -0.2) is 5.16 Å². The van der Waals surface area contributed by atoms with Gasteiger partial charge in [0.25, 0.3) is 0 Å². The summed E-state index contributed by atoms with van der Waals surface area (Å²) in [6.07, 6.45) is 1.62. The van der Waals surface area contributed by atoms with Gasteiger partial charge in [-0.25, -0.2) is 0 Å². The van der Waals surface area contributed by atoms with Gasteiger partial charge < -0.3 is 4.52 Å². The van der Waals surface area contributed by atoms with Gasteiger partial charge in [0.05, 0.1) is 6.20 Å². The first kappa shape index (κ1) is 7.80. The molecule has 0 atom stereocenters. The highest BCUT2D eigenvalue weighted by molar-refractivity contribution is 5.55. The summed E-state index contributed by atoms with van der Waals surface area (Å²) in [5, 5.41) is 3.77. The van der Waals surface area contributed by atoms with Crippen LogP contribution in [0, 0.1) is 0 Å². The Morgan fingerprint density at radius 3 is 2.54 bits per heavy atom. The van der Waals surface area contributed by atoms with E-state index < -0.39 is 0 Å². The highest BCUT2D eigenvalue weighted by Gasteiger charge is 1.95. The molecule has 2 nitrogen and oxygen atoms in total. The first-order valence-corrected chi connectivity index (χ1v) is 4.09. The van der Waals surface area contributed by atoms with E-state index >= 15 is 0 Å². The van der Waals surface area contributed by atoms with Gasteiger partial charge in [0.2, 0.25) is 0 Å². The molecule has 64 valence electrons. The van der Waals surface area contributed by atoms with Crippen molar-refractivity contribution in [2.45, 2.75) is 0 Å². The van der Waals surface area contributed by atoms with E-state index in [0.717, 1.165) is 11.3 Å². The topological polar surface area (TPSA) is 26.0 Å².